The maximum absolute atomic E-state index is 11.1. The Morgan fingerprint density at radius 1 is 1.61 bits per heavy atom. The summed E-state index contributed by atoms with van der Waals surface area (Å²) in [5.74, 6) is -0.402. The van der Waals surface area contributed by atoms with Gasteiger partial charge in [-0.25, -0.2) is 4.79 Å². The maximum atomic E-state index is 11.1. The van der Waals surface area contributed by atoms with Crippen molar-refractivity contribution in [1.82, 2.24) is 14.7 Å². The molecule has 2 N–H and O–H groups in total. The van der Waals surface area contributed by atoms with Crippen LogP contribution in [0.2, 0.25) is 0 Å². The Balaban J connectivity index is 2.02. The lowest BCUT2D eigenvalue weighted by Crippen LogP contribution is -2.23. The van der Waals surface area contributed by atoms with Gasteiger partial charge in [-0.05, 0) is 25.3 Å². The molecule has 0 amide bonds. The number of carbonyl (C=O) groups is 1. The van der Waals surface area contributed by atoms with Gasteiger partial charge in [-0.2, -0.15) is 5.10 Å². The maximum Gasteiger partial charge on any atom is 0.339 e. The van der Waals surface area contributed by atoms with Gasteiger partial charge in [0.2, 0.25) is 0 Å². The highest BCUT2D eigenvalue weighted by Gasteiger charge is 2.24. The number of rotatable bonds is 5. The zero-order valence-electron chi connectivity index (χ0n) is 10.5. The van der Waals surface area contributed by atoms with Crippen molar-refractivity contribution < 1.29 is 15.0 Å². The smallest absolute Gasteiger partial charge is 0.339 e. The van der Waals surface area contributed by atoms with E-state index in [1.807, 2.05) is 0 Å². The molecule has 1 fully saturated rings. The van der Waals surface area contributed by atoms with Crippen molar-refractivity contribution in [3.05, 3.63) is 17.5 Å². The van der Waals surface area contributed by atoms with Crippen molar-refractivity contribution in [2.24, 2.45) is 13.0 Å². The van der Waals surface area contributed by atoms with Crippen LogP contribution in [0.3, 0.4) is 0 Å². The number of aliphatic hydroxyl groups excluding tert-OH is 1. The number of nitrogens with zero attached hydrogens (tertiary/aromatic N) is 3. The van der Waals surface area contributed by atoms with Crippen molar-refractivity contribution >= 4 is 5.97 Å². The molecule has 100 valence electrons. The third-order valence-corrected chi connectivity index (χ3v) is 3.57. The van der Waals surface area contributed by atoms with E-state index in [-0.39, 0.29) is 12.2 Å². The van der Waals surface area contributed by atoms with E-state index in [4.69, 9.17) is 10.2 Å². The fraction of sp³-hybridized carbons (Fsp3) is 0.667. The monoisotopic (exact) mass is 253 g/mol. The standard InChI is InChI=1S/C12H19N3O3/c1-14-11(10(6-13-14)12(17)18)8-15-4-2-9(7-15)3-5-16/h6,9,16H,2-5,7-8H2,1H3,(H,17,18). The average molecular weight is 253 g/mol. The van der Waals surface area contributed by atoms with Gasteiger partial charge >= 0.3 is 5.97 Å². The molecule has 0 bridgehead atoms. The molecule has 1 saturated heterocycles. The Kier molecular flexibility index (Phi) is 3.98. The molecular formula is C12H19N3O3. The van der Waals surface area contributed by atoms with Crippen LogP contribution in [0.1, 0.15) is 28.9 Å². The van der Waals surface area contributed by atoms with Crippen LogP contribution in [0.4, 0.5) is 0 Å². The van der Waals surface area contributed by atoms with Crippen LogP contribution in [0.25, 0.3) is 0 Å². The molecule has 1 aliphatic rings. The highest BCUT2D eigenvalue weighted by molar-refractivity contribution is 5.88. The van der Waals surface area contributed by atoms with E-state index in [9.17, 15) is 4.79 Å². The number of carboxylic acids is 1. The third-order valence-electron chi connectivity index (χ3n) is 3.57. The lowest BCUT2D eigenvalue weighted by Gasteiger charge is -2.16. The molecule has 0 spiro atoms. The van der Waals surface area contributed by atoms with E-state index in [1.54, 1.807) is 11.7 Å². The van der Waals surface area contributed by atoms with Crippen LogP contribution in [0.5, 0.6) is 0 Å². The molecule has 1 aromatic heterocycles. The third kappa shape index (κ3) is 2.70. The molecule has 2 heterocycles. The van der Waals surface area contributed by atoms with E-state index in [0.29, 0.717) is 12.5 Å². The van der Waals surface area contributed by atoms with Crippen molar-refractivity contribution in [3.63, 3.8) is 0 Å². The summed E-state index contributed by atoms with van der Waals surface area (Å²) < 4.78 is 1.63. The van der Waals surface area contributed by atoms with Gasteiger partial charge in [0.05, 0.1) is 11.9 Å². The Morgan fingerprint density at radius 2 is 2.39 bits per heavy atom. The first kappa shape index (κ1) is 13.0. The second-order valence-electron chi connectivity index (χ2n) is 4.84. The van der Waals surface area contributed by atoms with Gasteiger partial charge in [0.25, 0.3) is 0 Å². The lowest BCUT2D eigenvalue weighted by atomic mass is 10.1. The predicted octanol–water partition coefficient (Wildman–Crippen LogP) is 0.323. The van der Waals surface area contributed by atoms with E-state index >= 15 is 0 Å². The summed E-state index contributed by atoms with van der Waals surface area (Å²) in [7, 11) is 1.77. The van der Waals surface area contributed by atoms with Gasteiger partial charge in [0.1, 0.15) is 5.56 Å². The first-order chi connectivity index (χ1) is 8.61. The summed E-state index contributed by atoms with van der Waals surface area (Å²) in [6, 6.07) is 0. The summed E-state index contributed by atoms with van der Waals surface area (Å²) in [5, 5.41) is 22.0. The molecule has 1 atom stereocenters. The summed E-state index contributed by atoms with van der Waals surface area (Å²) in [4.78, 5) is 13.3. The molecule has 0 radical (unpaired) electrons. The van der Waals surface area contributed by atoms with Gasteiger partial charge in [-0.15, -0.1) is 0 Å². The molecule has 2 rings (SSSR count). The molecule has 1 unspecified atom stereocenters. The number of aliphatic hydroxyl groups is 1. The molecular weight excluding hydrogens is 234 g/mol. The van der Waals surface area contributed by atoms with Gasteiger partial charge in [0.15, 0.2) is 0 Å². The molecule has 0 aromatic carbocycles. The van der Waals surface area contributed by atoms with Crippen molar-refractivity contribution in [2.45, 2.75) is 19.4 Å². The highest BCUT2D eigenvalue weighted by Crippen LogP contribution is 2.22. The van der Waals surface area contributed by atoms with Crippen LogP contribution in [-0.4, -0.2) is 50.6 Å². The van der Waals surface area contributed by atoms with Gasteiger partial charge in [-0.1, -0.05) is 0 Å². The highest BCUT2D eigenvalue weighted by atomic mass is 16.4. The largest absolute Gasteiger partial charge is 0.478 e. The molecule has 18 heavy (non-hydrogen) atoms. The van der Waals surface area contributed by atoms with E-state index in [2.05, 4.69) is 10.00 Å². The van der Waals surface area contributed by atoms with Crippen LogP contribution in [0.15, 0.2) is 6.20 Å². The van der Waals surface area contributed by atoms with Crippen LogP contribution < -0.4 is 0 Å². The number of likely N-dealkylation sites (tertiary alicyclic amines) is 1. The first-order valence-corrected chi connectivity index (χ1v) is 6.19. The Bertz CT molecular complexity index is 430. The molecule has 1 aliphatic heterocycles. The number of hydrogen-bond acceptors (Lipinski definition) is 4. The minimum absolute atomic E-state index is 0.227. The van der Waals surface area contributed by atoms with Crippen molar-refractivity contribution in [3.8, 4) is 0 Å². The summed E-state index contributed by atoms with van der Waals surface area (Å²) in [6.07, 6.45) is 3.30. The number of carboxylic acid groups (broad SMARTS) is 1. The fourth-order valence-electron chi connectivity index (χ4n) is 2.52. The summed E-state index contributed by atoms with van der Waals surface area (Å²) in [5.41, 5.74) is 1.02. The zero-order chi connectivity index (χ0) is 13.1. The van der Waals surface area contributed by atoms with E-state index < -0.39 is 5.97 Å². The second-order valence-corrected chi connectivity index (χ2v) is 4.84. The van der Waals surface area contributed by atoms with Crippen molar-refractivity contribution in [2.75, 3.05) is 19.7 Å². The van der Waals surface area contributed by atoms with Crippen LogP contribution in [0, 0.1) is 5.92 Å². The molecule has 6 nitrogen and oxygen atoms in total. The lowest BCUT2D eigenvalue weighted by molar-refractivity contribution is 0.0694. The minimum Gasteiger partial charge on any atom is -0.478 e. The number of aromatic nitrogens is 2. The predicted molar refractivity (Wildman–Crippen MR) is 65.3 cm³/mol. The fourth-order valence-corrected chi connectivity index (χ4v) is 2.52. The van der Waals surface area contributed by atoms with Crippen molar-refractivity contribution in [1.29, 1.82) is 0 Å². The molecule has 0 saturated carbocycles. The SMILES string of the molecule is Cn1ncc(C(=O)O)c1CN1CCC(CCO)C1. The Morgan fingerprint density at radius 3 is 3.06 bits per heavy atom. The zero-order valence-corrected chi connectivity index (χ0v) is 10.5. The summed E-state index contributed by atoms with van der Waals surface area (Å²) in [6.45, 7) is 2.71. The Hall–Kier alpha value is -1.40. The first-order valence-electron chi connectivity index (χ1n) is 6.19. The van der Waals surface area contributed by atoms with Crippen LogP contribution in [-0.2, 0) is 13.6 Å². The topological polar surface area (TPSA) is 78.6 Å². The normalized spacial score (nSPS) is 20.4. The second kappa shape index (κ2) is 5.49. The average Bonchev–Trinajstić information content (AvgIpc) is 2.89. The number of hydrogen-bond donors (Lipinski definition) is 2. The van der Waals surface area contributed by atoms with E-state index in [0.717, 1.165) is 31.6 Å². The minimum atomic E-state index is -0.927. The number of aromatic carboxylic acids is 1. The number of aryl methyl sites for hydroxylation is 1. The van der Waals surface area contributed by atoms with E-state index in [1.165, 1.54) is 6.20 Å². The molecule has 0 aliphatic carbocycles. The Labute approximate surface area is 106 Å². The quantitative estimate of drug-likeness (QED) is 0.790. The van der Waals surface area contributed by atoms with Gasteiger partial charge < -0.3 is 10.2 Å². The molecule has 1 aromatic rings. The molecule has 6 heteroatoms. The van der Waals surface area contributed by atoms with Gasteiger partial charge in [-0.3, -0.25) is 9.58 Å². The summed E-state index contributed by atoms with van der Waals surface area (Å²) >= 11 is 0. The van der Waals surface area contributed by atoms with Crippen LogP contribution >= 0.6 is 0 Å². The van der Waals surface area contributed by atoms with Gasteiger partial charge in [0, 0.05) is 26.7 Å².